The number of likely N-dealkylation sites (tertiary alicyclic amines) is 1. The maximum atomic E-state index is 12.3. The first kappa shape index (κ1) is 17.6. The molecular weight excluding hydrogens is 333 g/mol. The van der Waals surface area contributed by atoms with Crippen LogP contribution in [0.2, 0.25) is 0 Å². The Balaban J connectivity index is 2.05. The van der Waals surface area contributed by atoms with Crippen LogP contribution >= 0.6 is 0 Å². The molecule has 9 heteroatoms. The molecule has 0 bridgehead atoms. The topological polar surface area (TPSA) is 66.5 Å². The lowest BCUT2D eigenvalue weighted by molar-refractivity contribution is -0.135. The highest BCUT2D eigenvalue weighted by molar-refractivity contribution is 7.93. The molecule has 1 fully saturated rings. The Morgan fingerprint density at radius 1 is 1.22 bits per heavy atom. The number of rotatable bonds is 4. The summed E-state index contributed by atoms with van der Waals surface area (Å²) in [7, 11) is -5.42. The number of hydrogen-bond acceptors (Lipinski definition) is 3. The van der Waals surface area contributed by atoms with Gasteiger partial charge in [0.05, 0.1) is 0 Å². The minimum absolute atomic E-state index is 0.0272. The Hall–Kier alpha value is -1.77. The number of amides is 1. The first-order valence-corrected chi connectivity index (χ1v) is 8.38. The zero-order valence-electron chi connectivity index (χ0n) is 12.6. The second-order valence-corrected chi connectivity index (χ2v) is 7.78. The van der Waals surface area contributed by atoms with E-state index in [0.717, 1.165) is 6.42 Å². The van der Waals surface area contributed by atoms with E-state index in [9.17, 15) is 26.4 Å². The SMILES string of the molecule is CC1(C)CCN(Cc2ccc(NS(=O)(=O)C(F)(F)F)cc2)C1=O. The van der Waals surface area contributed by atoms with Gasteiger partial charge in [0.1, 0.15) is 0 Å². The summed E-state index contributed by atoms with van der Waals surface area (Å²) in [5, 5.41) is 0. The van der Waals surface area contributed by atoms with Gasteiger partial charge < -0.3 is 4.90 Å². The molecule has 0 spiro atoms. The first-order valence-electron chi connectivity index (χ1n) is 6.90. The number of alkyl halides is 3. The summed E-state index contributed by atoms with van der Waals surface area (Å²) in [6, 6.07) is 5.47. The van der Waals surface area contributed by atoms with Crippen LogP contribution in [0.3, 0.4) is 0 Å². The Labute approximate surface area is 132 Å². The molecule has 0 unspecified atom stereocenters. The van der Waals surface area contributed by atoms with Crippen molar-refractivity contribution < 1.29 is 26.4 Å². The van der Waals surface area contributed by atoms with Crippen LogP contribution in [0.25, 0.3) is 0 Å². The van der Waals surface area contributed by atoms with E-state index >= 15 is 0 Å². The highest BCUT2D eigenvalue weighted by atomic mass is 32.2. The van der Waals surface area contributed by atoms with E-state index in [1.54, 1.807) is 4.90 Å². The van der Waals surface area contributed by atoms with Gasteiger partial charge in [0.25, 0.3) is 0 Å². The lowest BCUT2D eigenvalue weighted by atomic mass is 9.92. The Bertz CT molecular complexity index is 697. The van der Waals surface area contributed by atoms with Gasteiger partial charge in [0, 0.05) is 24.2 Å². The highest BCUT2D eigenvalue weighted by Gasteiger charge is 2.46. The Kier molecular flexibility index (Phi) is 4.36. The number of anilines is 1. The average molecular weight is 350 g/mol. The quantitative estimate of drug-likeness (QED) is 0.908. The zero-order chi connectivity index (χ0) is 17.5. The fourth-order valence-electron chi connectivity index (χ4n) is 2.31. The fraction of sp³-hybridized carbons (Fsp3) is 0.500. The molecule has 2 rings (SSSR count). The van der Waals surface area contributed by atoms with Crippen LogP contribution in [-0.4, -0.2) is 31.3 Å². The van der Waals surface area contributed by atoms with Crippen LogP contribution in [0.5, 0.6) is 0 Å². The molecule has 1 aromatic carbocycles. The molecule has 0 aromatic heterocycles. The zero-order valence-corrected chi connectivity index (χ0v) is 13.5. The minimum Gasteiger partial charge on any atom is -0.338 e. The molecule has 1 N–H and O–H groups in total. The molecule has 1 aliphatic rings. The predicted octanol–water partition coefficient (Wildman–Crippen LogP) is 2.71. The normalized spacial score (nSPS) is 18.3. The van der Waals surface area contributed by atoms with E-state index in [1.807, 2.05) is 13.8 Å². The van der Waals surface area contributed by atoms with E-state index in [1.165, 1.54) is 29.0 Å². The summed E-state index contributed by atoms with van der Waals surface area (Å²) in [6.45, 7) is 4.69. The molecule has 1 aromatic rings. The molecular formula is C14H17F3N2O3S. The van der Waals surface area contributed by atoms with Crippen molar-refractivity contribution in [3.8, 4) is 0 Å². The molecule has 1 aliphatic heterocycles. The molecule has 128 valence electrons. The Morgan fingerprint density at radius 3 is 2.22 bits per heavy atom. The van der Waals surface area contributed by atoms with Gasteiger partial charge in [-0.05, 0) is 24.1 Å². The number of nitrogens with zero attached hydrogens (tertiary/aromatic N) is 1. The second kappa shape index (κ2) is 5.70. The van der Waals surface area contributed by atoms with E-state index in [-0.39, 0.29) is 11.6 Å². The van der Waals surface area contributed by atoms with Crippen molar-refractivity contribution in [3.63, 3.8) is 0 Å². The number of carbonyl (C=O) groups is 1. The molecule has 0 atom stereocenters. The van der Waals surface area contributed by atoms with Crippen LogP contribution in [0.1, 0.15) is 25.8 Å². The van der Waals surface area contributed by atoms with Gasteiger partial charge in [-0.2, -0.15) is 21.6 Å². The van der Waals surface area contributed by atoms with Crippen LogP contribution in [-0.2, 0) is 21.4 Å². The van der Waals surface area contributed by atoms with Crippen LogP contribution in [0.15, 0.2) is 24.3 Å². The van der Waals surface area contributed by atoms with Crippen molar-refractivity contribution in [3.05, 3.63) is 29.8 Å². The van der Waals surface area contributed by atoms with Gasteiger partial charge in [-0.1, -0.05) is 26.0 Å². The second-order valence-electron chi connectivity index (χ2n) is 6.11. The van der Waals surface area contributed by atoms with E-state index in [2.05, 4.69) is 0 Å². The van der Waals surface area contributed by atoms with Gasteiger partial charge >= 0.3 is 15.5 Å². The van der Waals surface area contributed by atoms with Gasteiger partial charge in [-0.15, -0.1) is 0 Å². The summed E-state index contributed by atoms with van der Waals surface area (Å²) in [5.41, 5.74) is -5.23. The monoisotopic (exact) mass is 350 g/mol. The molecule has 5 nitrogen and oxygen atoms in total. The number of halogens is 3. The third-order valence-electron chi connectivity index (χ3n) is 3.76. The third kappa shape index (κ3) is 3.77. The van der Waals surface area contributed by atoms with Crippen molar-refractivity contribution in [2.75, 3.05) is 11.3 Å². The fourth-order valence-corrected chi connectivity index (χ4v) is 2.88. The predicted molar refractivity (Wildman–Crippen MR) is 78.9 cm³/mol. The molecule has 0 radical (unpaired) electrons. The average Bonchev–Trinajstić information content (AvgIpc) is 2.66. The van der Waals surface area contributed by atoms with Crippen LogP contribution in [0.4, 0.5) is 18.9 Å². The lowest BCUT2D eigenvalue weighted by Crippen LogP contribution is -2.30. The minimum atomic E-state index is -5.42. The standard InChI is InChI=1S/C14H17F3N2O3S/c1-13(2)7-8-19(12(13)20)9-10-3-5-11(6-4-10)18-23(21,22)14(15,16)17/h3-6,18H,7-9H2,1-2H3. The number of carbonyl (C=O) groups excluding carboxylic acids is 1. The Morgan fingerprint density at radius 2 is 1.78 bits per heavy atom. The van der Waals surface area contributed by atoms with Gasteiger partial charge in [-0.25, -0.2) is 0 Å². The number of sulfonamides is 1. The lowest BCUT2D eigenvalue weighted by Gasteiger charge is -2.19. The largest absolute Gasteiger partial charge is 0.516 e. The number of hydrogen-bond donors (Lipinski definition) is 1. The molecule has 1 amide bonds. The van der Waals surface area contributed by atoms with E-state index in [4.69, 9.17) is 0 Å². The molecule has 1 heterocycles. The van der Waals surface area contributed by atoms with Crippen molar-refractivity contribution in [1.82, 2.24) is 4.90 Å². The van der Waals surface area contributed by atoms with Crippen molar-refractivity contribution in [2.45, 2.75) is 32.3 Å². The highest BCUT2D eigenvalue weighted by Crippen LogP contribution is 2.31. The molecule has 1 saturated heterocycles. The molecule has 0 aliphatic carbocycles. The van der Waals surface area contributed by atoms with Gasteiger partial charge in [0.2, 0.25) is 5.91 Å². The summed E-state index contributed by atoms with van der Waals surface area (Å²) >= 11 is 0. The molecule has 0 saturated carbocycles. The van der Waals surface area contributed by atoms with Crippen LogP contribution in [0, 0.1) is 5.41 Å². The first-order chi connectivity index (χ1) is 10.4. The summed E-state index contributed by atoms with van der Waals surface area (Å²) in [5.74, 6) is 0.0272. The van der Waals surface area contributed by atoms with Crippen molar-refractivity contribution in [1.29, 1.82) is 0 Å². The summed E-state index contributed by atoms with van der Waals surface area (Å²) < 4.78 is 60.4. The van der Waals surface area contributed by atoms with Crippen molar-refractivity contribution in [2.24, 2.45) is 5.41 Å². The van der Waals surface area contributed by atoms with E-state index in [0.29, 0.717) is 18.7 Å². The summed E-state index contributed by atoms with van der Waals surface area (Å²) in [4.78, 5) is 13.8. The van der Waals surface area contributed by atoms with E-state index < -0.39 is 20.9 Å². The summed E-state index contributed by atoms with van der Waals surface area (Å²) in [6.07, 6.45) is 0.745. The molecule has 23 heavy (non-hydrogen) atoms. The van der Waals surface area contributed by atoms with Gasteiger partial charge in [-0.3, -0.25) is 9.52 Å². The van der Waals surface area contributed by atoms with Crippen molar-refractivity contribution >= 4 is 21.6 Å². The third-order valence-corrected chi connectivity index (χ3v) is 4.87. The number of benzene rings is 1. The van der Waals surface area contributed by atoms with Gasteiger partial charge in [0.15, 0.2) is 0 Å². The smallest absolute Gasteiger partial charge is 0.338 e. The maximum absolute atomic E-state index is 12.3. The van der Waals surface area contributed by atoms with Crippen LogP contribution < -0.4 is 4.72 Å². The number of nitrogens with one attached hydrogen (secondary N) is 1. The maximum Gasteiger partial charge on any atom is 0.516 e.